The van der Waals surface area contributed by atoms with Gasteiger partial charge in [-0.15, -0.1) is 0 Å². The number of rotatable bonds is 2. The van der Waals surface area contributed by atoms with E-state index in [9.17, 15) is 25.0 Å². The molecule has 4 N–H and O–H groups in total. The van der Waals surface area contributed by atoms with E-state index in [0.717, 1.165) is 0 Å². The molecule has 3 unspecified atom stereocenters. The number of fused-ring (bicyclic) bond motifs is 1. The lowest BCUT2D eigenvalue weighted by molar-refractivity contribution is -0.384. The third-order valence-corrected chi connectivity index (χ3v) is 3.91. The first-order valence-electron chi connectivity index (χ1n) is 6.84. The number of hydrogen-bond acceptors (Lipinski definition) is 7. The number of non-ortho nitro benzene ring substituents is 1. The number of carbonyl (C=O) groups excluding carboxylic acids is 2. The summed E-state index contributed by atoms with van der Waals surface area (Å²) < 4.78 is 5.28. The standard InChI is InChI=1S/C14H11N5O5/c15-5-8-9(6-1-3-7(4-2-6)19(22)23)10-12(20)17-14(21)18-13(10)24-11(8)16/h1-4,9-10,13H,16H2,(H2,17,18,20,21). The van der Waals surface area contributed by atoms with Gasteiger partial charge >= 0.3 is 6.03 Å². The van der Waals surface area contributed by atoms with E-state index in [1.807, 2.05) is 6.07 Å². The minimum atomic E-state index is -1.02. The smallest absolute Gasteiger partial charge is 0.324 e. The van der Waals surface area contributed by atoms with E-state index in [2.05, 4.69) is 10.6 Å². The predicted molar refractivity (Wildman–Crippen MR) is 77.7 cm³/mol. The number of nitrogens with two attached hydrogens (primary N) is 1. The van der Waals surface area contributed by atoms with Crippen molar-refractivity contribution in [2.24, 2.45) is 11.7 Å². The summed E-state index contributed by atoms with van der Waals surface area (Å²) in [5.74, 6) is -2.54. The molecule has 3 rings (SSSR count). The summed E-state index contributed by atoms with van der Waals surface area (Å²) in [5, 5.41) is 24.7. The van der Waals surface area contributed by atoms with Crippen LogP contribution in [0.2, 0.25) is 0 Å². The Hall–Kier alpha value is -3.61. The summed E-state index contributed by atoms with van der Waals surface area (Å²) in [4.78, 5) is 33.9. The lowest BCUT2D eigenvalue weighted by Crippen LogP contribution is -2.62. The number of nitro groups is 1. The maximum absolute atomic E-state index is 12.2. The van der Waals surface area contributed by atoms with Gasteiger partial charge in [0.15, 0.2) is 6.23 Å². The van der Waals surface area contributed by atoms with E-state index in [0.29, 0.717) is 5.56 Å². The van der Waals surface area contributed by atoms with E-state index in [-0.39, 0.29) is 17.1 Å². The van der Waals surface area contributed by atoms with E-state index < -0.39 is 34.9 Å². The molecule has 2 heterocycles. The van der Waals surface area contributed by atoms with Gasteiger partial charge in [0.2, 0.25) is 11.8 Å². The van der Waals surface area contributed by atoms with Crippen molar-refractivity contribution in [3.8, 4) is 6.07 Å². The fraction of sp³-hybridized carbons (Fsp3) is 0.214. The molecule has 3 amide bonds. The van der Waals surface area contributed by atoms with E-state index in [1.54, 1.807) is 0 Å². The zero-order chi connectivity index (χ0) is 17.4. The minimum absolute atomic E-state index is 0.0244. The van der Waals surface area contributed by atoms with Gasteiger partial charge in [0.1, 0.15) is 12.0 Å². The molecular weight excluding hydrogens is 318 g/mol. The number of imide groups is 1. The highest BCUT2D eigenvalue weighted by atomic mass is 16.6. The number of allylic oxidation sites excluding steroid dienone is 1. The second kappa shape index (κ2) is 5.54. The van der Waals surface area contributed by atoms with Crippen molar-refractivity contribution in [2.45, 2.75) is 12.1 Å². The third kappa shape index (κ3) is 2.38. The fourth-order valence-electron chi connectivity index (χ4n) is 2.85. The van der Waals surface area contributed by atoms with Gasteiger partial charge in [-0.1, -0.05) is 12.1 Å². The lowest BCUT2D eigenvalue weighted by atomic mass is 9.77. The van der Waals surface area contributed by atoms with Crippen molar-refractivity contribution in [1.29, 1.82) is 5.26 Å². The highest BCUT2D eigenvalue weighted by molar-refractivity contribution is 5.99. The monoisotopic (exact) mass is 329 g/mol. The molecule has 10 heteroatoms. The maximum Gasteiger partial charge on any atom is 0.324 e. The second-order valence-electron chi connectivity index (χ2n) is 5.24. The van der Waals surface area contributed by atoms with Crippen LogP contribution in [0.5, 0.6) is 0 Å². The highest BCUT2D eigenvalue weighted by Gasteiger charge is 2.48. The molecule has 1 aromatic carbocycles. The molecule has 2 aliphatic rings. The minimum Gasteiger partial charge on any atom is -0.454 e. The molecule has 0 aromatic heterocycles. The zero-order valence-corrected chi connectivity index (χ0v) is 12.1. The van der Waals surface area contributed by atoms with Crippen LogP contribution in [0.3, 0.4) is 0 Å². The number of amides is 3. The quantitative estimate of drug-likeness (QED) is 0.515. The van der Waals surface area contributed by atoms with Gasteiger partial charge in [0.05, 0.1) is 10.5 Å². The van der Waals surface area contributed by atoms with Crippen LogP contribution in [-0.4, -0.2) is 23.1 Å². The number of carbonyl (C=O) groups is 2. The predicted octanol–water partition coefficient (Wildman–Crippen LogP) is 0.184. The summed E-state index contributed by atoms with van der Waals surface area (Å²) in [6.07, 6.45) is -1.02. The van der Waals surface area contributed by atoms with Crippen LogP contribution in [0, 0.1) is 27.4 Å². The van der Waals surface area contributed by atoms with Crippen LogP contribution in [0.4, 0.5) is 10.5 Å². The average Bonchev–Trinajstić information content (AvgIpc) is 2.53. The van der Waals surface area contributed by atoms with Crippen LogP contribution in [0.25, 0.3) is 0 Å². The Morgan fingerprint density at radius 1 is 1.29 bits per heavy atom. The molecule has 10 nitrogen and oxygen atoms in total. The van der Waals surface area contributed by atoms with E-state index in [4.69, 9.17) is 10.5 Å². The number of nitriles is 1. The van der Waals surface area contributed by atoms with Gasteiger partial charge in [-0.25, -0.2) is 4.79 Å². The second-order valence-corrected chi connectivity index (χ2v) is 5.24. The molecule has 1 fully saturated rings. The molecule has 0 aliphatic carbocycles. The number of hydrogen-bond donors (Lipinski definition) is 3. The van der Waals surface area contributed by atoms with E-state index in [1.165, 1.54) is 24.3 Å². The summed E-state index contributed by atoms with van der Waals surface area (Å²) in [6, 6.07) is 6.61. The van der Waals surface area contributed by atoms with Crippen LogP contribution in [0.1, 0.15) is 11.5 Å². The van der Waals surface area contributed by atoms with Crippen molar-refractivity contribution < 1.29 is 19.2 Å². The number of urea groups is 1. The molecule has 3 atom stereocenters. The SMILES string of the molecule is N#CC1=C(N)OC2NC(=O)NC(=O)C2C1c1ccc([N+](=O)[O-])cc1. The van der Waals surface area contributed by atoms with Crippen molar-refractivity contribution in [3.05, 3.63) is 51.4 Å². The lowest BCUT2D eigenvalue weighted by Gasteiger charge is -2.39. The van der Waals surface area contributed by atoms with Crippen molar-refractivity contribution >= 4 is 17.6 Å². The molecule has 1 saturated heterocycles. The number of benzene rings is 1. The number of nitrogens with zero attached hydrogens (tertiary/aromatic N) is 2. The topological polar surface area (TPSA) is 160 Å². The van der Waals surface area contributed by atoms with Gasteiger partial charge in [-0.2, -0.15) is 5.26 Å². The van der Waals surface area contributed by atoms with Crippen LogP contribution in [-0.2, 0) is 9.53 Å². The summed E-state index contributed by atoms with van der Waals surface area (Å²) in [5.41, 5.74) is 6.11. The molecule has 122 valence electrons. The molecular formula is C14H11N5O5. The Kier molecular flexibility index (Phi) is 3.53. The first kappa shape index (κ1) is 15.3. The number of ether oxygens (including phenoxy) is 1. The Balaban J connectivity index is 2.08. The summed E-state index contributed by atoms with van der Waals surface area (Å²) in [6.45, 7) is 0. The maximum atomic E-state index is 12.2. The van der Waals surface area contributed by atoms with Gasteiger partial charge in [-0.05, 0) is 5.56 Å². The van der Waals surface area contributed by atoms with E-state index >= 15 is 0 Å². The van der Waals surface area contributed by atoms with Crippen LogP contribution in [0.15, 0.2) is 35.7 Å². The van der Waals surface area contributed by atoms with Crippen molar-refractivity contribution in [1.82, 2.24) is 10.6 Å². The first-order chi connectivity index (χ1) is 11.4. The number of nitrogens with one attached hydrogen (secondary N) is 2. The van der Waals surface area contributed by atoms with Crippen molar-refractivity contribution in [2.75, 3.05) is 0 Å². The van der Waals surface area contributed by atoms with Crippen LogP contribution < -0.4 is 16.4 Å². The molecule has 2 aliphatic heterocycles. The molecule has 0 spiro atoms. The Bertz CT molecular complexity index is 810. The first-order valence-corrected chi connectivity index (χ1v) is 6.84. The molecule has 0 bridgehead atoms. The highest BCUT2D eigenvalue weighted by Crippen LogP contribution is 2.40. The largest absolute Gasteiger partial charge is 0.454 e. The summed E-state index contributed by atoms with van der Waals surface area (Å²) >= 11 is 0. The number of nitro benzene ring substituents is 1. The van der Waals surface area contributed by atoms with Gasteiger partial charge in [-0.3, -0.25) is 20.2 Å². The van der Waals surface area contributed by atoms with Gasteiger partial charge < -0.3 is 15.8 Å². The Labute approximate surface area is 135 Å². The summed E-state index contributed by atoms with van der Waals surface area (Å²) in [7, 11) is 0. The molecule has 24 heavy (non-hydrogen) atoms. The average molecular weight is 329 g/mol. The van der Waals surface area contributed by atoms with Crippen molar-refractivity contribution in [3.63, 3.8) is 0 Å². The molecule has 0 saturated carbocycles. The zero-order valence-electron chi connectivity index (χ0n) is 12.1. The van der Waals surface area contributed by atoms with Gasteiger partial charge in [0, 0.05) is 18.1 Å². The normalized spacial score (nSPS) is 25.7. The van der Waals surface area contributed by atoms with Crippen LogP contribution >= 0.6 is 0 Å². The fourth-order valence-corrected chi connectivity index (χ4v) is 2.85. The Morgan fingerprint density at radius 2 is 1.96 bits per heavy atom. The third-order valence-electron chi connectivity index (χ3n) is 3.91. The Morgan fingerprint density at radius 3 is 2.54 bits per heavy atom. The molecule has 0 radical (unpaired) electrons. The molecule has 1 aromatic rings. The van der Waals surface area contributed by atoms with Gasteiger partial charge in [0.25, 0.3) is 5.69 Å².